The molecule has 1 rings (SSSR count). The lowest BCUT2D eigenvalue weighted by molar-refractivity contribution is 0.273. The molecule has 1 N–H and O–H groups in total. The van der Waals surface area contributed by atoms with Gasteiger partial charge in [0.25, 0.3) is 0 Å². The maximum atomic E-state index is 5.49. The highest BCUT2D eigenvalue weighted by Crippen LogP contribution is 2.33. The predicted octanol–water partition coefficient (Wildman–Crippen LogP) is 4.42. The lowest BCUT2D eigenvalue weighted by atomic mass is 9.79. The average molecular weight is 328 g/mol. The summed E-state index contributed by atoms with van der Waals surface area (Å²) in [5.74, 6) is 0.988. The van der Waals surface area contributed by atoms with Crippen molar-refractivity contribution in [3.05, 3.63) is 28.2 Å². The molecular weight excluding hydrogens is 302 g/mol. The third kappa shape index (κ3) is 5.15. The van der Waals surface area contributed by atoms with Crippen molar-refractivity contribution in [1.29, 1.82) is 0 Å². The van der Waals surface area contributed by atoms with Crippen LogP contribution in [0.4, 0.5) is 0 Å². The van der Waals surface area contributed by atoms with Gasteiger partial charge in [-0.25, -0.2) is 0 Å². The van der Waals surface area contributed by atoms with E-state index in [1.807, 2.05) is 12.1 Å². The van der Waals surface area contributed by atoms with Gasteiger partial charge in [0.2, 0.25) is 0 Å². The molecule has 0 fully saturated rings. The highest BCUT2D eigenvalue weighted by Gasteiger charge is 2.24. The smallest absolute Gasteiger partial charge is 0.122 e. The zero-order valence-electron chi connectivity index (χ0n) is 12.6. The van der Waals surface area contributed by atoms with Gasteiger partial charge in [-0.05, 0) is 48.6 Å². The minimum absolute atomic E-state index is 0.277. The Hall–Kier alpha value is -0.540. The molecule has 0 heterocycles. The Morgan fingerprint density at radius 2 is 2.05 bits per heavy atom. The minimum atomic E-state index is 0.277. The Kier molecular flexibility index (Phi) is 6.87. The molecule has 0 aliphatic heterocycles. The van der Waals surface area contributed by atoms with Gasteiger partial charge >= 0.3 is 0 Å². The van der Waals surface area contributed by atoms with Crippen LogP contribution in [-0.2, 0) is 6.42 Å². The first kappa shape index (κ1) is 16.5. The Balaban J connectivity index is 2.91. The van der Waals surface area contributed by atoms with E-state index in [2.05, 4.69) is 48.1 Å². The summed E-state index contributed by atoms with van der Waals surface area (Å²) < 4.78 is 6.60. The van der Waals surface area contributed by atoms with Crippen molar-refractivity contribution < 1.29 is 4.74 Å². The summed E-state index contributed by atoms with van der Waals surface area (Å²) in [5, 5.41) is 3.49. The number of hydrogen-bond acceptors (Lipinski definition) is 2. The molecule has 0 saturated carbocycles. The molecule has 0 saturated heterocycles. The third-order valence-corrected chi connectivity index (χ3v) is 4.01. The molecule has 2 nitrogen and oxygen atoms in total. The fourth-order valence-corrected chi connectivity index (χ4v) is 3.02. The second-order valence-electron chi connectivity index (χ2n) is 5.47. The Morgan fingerprint density at radius 1 is 1.32 bits per heavy atom. The second-order valence-corrected chi connectivity index (χ2v) is 6.39. The lowest BCUT2D eigenvalue weighted by Crippen LogP contribution is -2.33. The van der Waals surface area contributed by atoms with Gasteiger partial charge in [-0.1, -0.05) is 43.1 Å². The van der Waals surface area contributed by atoms with Crippen molar-refractivity contribution in [2.45, 2.75) is 40.0 Å². The van der Waals surface area contributed by atoms with Crippen LogP contribution >= 0.6 is 15.9 Å². The normalized spacial score (nSPS) is 14.2. The number of benzene rings is 1. The molecule has 3 heteroatoms. The Morgan fingerprint density at radius 3 is 2.63 bits per heavy atom. The van der Waals surface area contributed by atoms with E-state index in [0.717, 1.165) is 29.7 Å². The van der Waals surface area contributed by atoms with Crippen molar-refractivity contribution in [3.63, 3.8) is 0 Å². The first-order valence-corrected chi connectivity index (χ1v) is 7.87. The van der Waals surface area contributed by atoms with Crippen LogP contribution in [-0.4, -0.2) is 20.2 Å². The lowest BCUT2D eigenvalue weighted by Gasteiger charge is -2.30. The molecule has 0 aliphatic carbocycles. The summed E-state index contributed by atoms with van der Waals surface area (Å²) in [6.07, 6.45) is 3.46. The standard InChI is InChI=1S/C16H26BrNO/c1-5-9-16(3,12-18-6-2)11-13-10-14(17)7-8-15(13)19-4/h7-8,10,18H,5-6,9,11-12H2,1-4H3. The van der Waals surface area contributed by atoms with E-state index >= 15 is 0 Å². The van der Waals surface area contributed by atoms with Gasteiger partial charge in [0.1, 0.15) is 5.75 Å². The summed E-state index contributed by atoms with van der Waals surface area (Å²) in [7, 11) is 1.74. The first-order chi connectivity index (χ1) is 9.04. The monoisotopic (exact) mass is 327 g/mol. The van der Waals surface area contributed by atoms with Gasteiger partial charge in [0.15, 0.2) is 0 Å². The largest absolute Gasteiger partial charge is 0.496 e. The van der Waals surface area contributed by atoms with Crippen LogP contribution in [0.2, 0.25) is 0 Å². The maximum Gasteiger partial charge on any atom is 0.122 e. The topological polar surface area (TPSA) is 21.3 Å². The minimum Gasteiger partial charge on any atom is -0.496 e. The highest BCUT2D eigenvalue weighted by molar-refractivity contribution is 9.10. The fourth-order valence-electron chi connectivity index (χ4n) is 2.61. The molecule has 108 valence electrons. The van der Waals surface area contributed by atoms with Crippen molar-refractivity contribution in [3.8, 4) is 5.75 Å². The van der Waals surface area contributed by atoms with E-state index in [4.69, 9.17) is 4.74 Å². The Labute approximate surface area is 126 Å². The van der Waals surface area contributed by atoms with Crippen LogP contribution in [0.3, 0.4) is 0 Å². The summed E-state index contributed by atoms with van der Waals surface area (Å²) in [5.41, 5.74) is 1.56. The molecule has 1 aromatic rings. The molecule has 0 radical (unpaired) electrons. The second kappa shape index (κ2) is 7.91. The molecule has 0 aromatic heterocycles. The van der Waals surface area contributed by atoms with Crippen LogP contribution in [0.15, 0.2) is 22.7 Å². The van der Waals surface area contributed by atoms with Crippen molar-refractivity contribution in [1.82, 2.24) is 5.32 Å². The number of hydrogen-bond donors (Lipinski definition) is 1. The van der Waals surface area contributed by atoms with E-state index in [1.54, 1.807) is 7.11 Å². The van der Waals surface area contributed by atoms with Gasteiger partial charge in [-0.3, -0.25) is 0 Å². The van der Waals surface area contributed by atoms with Crippen molar-refractivity contribution in [2.24, 2.45) is 5.41 Å². The summed E-state index contributed by atoms with van der Waals surface area (Å²) >= 11 is 3.55. The average Bonchev–Trinajstić information content (AvgIpc) is 2.37. The third-order valence-electron chi connectivity index (χ3n) is 3.52. The predicted molar refractivity (Wildman–Crippen MR) is 86.0 cm³/mol. The maximum absolute atomic E-state index is 5.49. The fraction of sp³-hybridized carbons (Fsp3) is 0.625. The van der Waals surface area contributed by atoms with E-state index in [-0.39, 0.29) is 5.41 Å². The van der Waals surface area contributed by atoms with Crippen LogP contribution in [0.25, 0.3) is 0 Å². The van der Waals surface area contributed by atoms with Gasteiger partial charge in [0, 0.05) is 11.0 Å². The van der Waals surface area contributed by atoms with E-state index in [1.165, 1.54) is 18.4 Å². The first-order valence-electron chi connectivity index (χ1n) is 7.07. The van der Waals surface area contributed by atoms with Crippen LogP contribution < -0.4 is 10.1 Å². The van der Waals surface area contributed by atoms with Gasteiger partial charge < -0.3 is 10.1 Å². The van der Waals surface area contributed by atoms with Gasteiger partial charge in [0.05, 0.1) is 7.11 Å². The highest BCUT2D eigenvalue weighted by atomic mass is 79.9. The van der Waals surface area contributed by atoms with Crippen LogP contribution in [0, 0.1) is 5.41 Å². The van der Waals surface area contributed by atoms with E-state index < -0.39 is 0 Å². The van der Waals surface area contributed by atoms with Gasteiger partial charge in [-0.2, -0.15) is 0 Å². The molecule has 1 unspecified atom stereocenters. The van der Waals surface area contributed by atoms with E-state index in [0.29, 0.717) is 0 Å². The zero-order valence-corrected chi connectivity index (χ0v) is 14.1. The molecule has 0 aliphatic rings. The SMILES string of the molecule is CCCC(C)(CNCC)Cc1cc(Br)ccc1OC. The number of methoxy groups -OCH3 is 1. The van der Waals surface area contributed by atoms with Crippen LogP contribution in [0.5, 0.6) is 5.75 Å². The molecule has 19 heavy (non-hydrogen) atoms. The molecule has 0 spiro atoms. The molecule has 0 amide bonds. The van der Waals surface area contributed by atoms with Crippen LogP contribution in [0.1, 0.15) is 39.2 Å². The summed E-state index contributed by atoms with van der Waals surface area (Å²) in [4.78, 5) is 0. The molecule has 0 bridgehead atoms. The van der Waals surface area contributed by atoms with Crippen molar-refractivity contribution in [2.75, 3.05) is 20.2 Å². The molecule has 1 atom stereocenters. The van der Waals surface area contributed by atoms with E-state index in [9.17, 15) is 0 Å². The zero-order chi connectivity index (χ0) is 14.3. The summed E-state index contributed by atoms with van der Waals surface area (Å²) in [6, 6.07) is 6.25. The van der Waals surface area contributed by atoms with Crippen molar-refractivity contribution >= 4 is 15.9 Å². The number of halogens is 1. The molecule has 1 aromatic carbocycles. The van der Waals surface area contributed by atoms with Gasteiger partial charge in [-0.15, -0.1) is 0 Å². The summed E-state index contributed by atoms with van der Waals surface area (Å²) in [6.45, 7) is 8.84. The number of nitrogens with one attached hydrogen (secondary N) is 1. The Bertz CT molecular complexity index is 394. The quantitative estimate of drug-likeness (QED) is 0.763. The number of rotatable bonds is 8. The molecular formula is C16H26BrNO. The number of ether oxygens (including phenoxy) is 1.